The zero-order valence-corrected chi connectivity index (χ0v) is 13.7. The van der Waals surface area contributed by atoms with Crippen molar-refractivity contribution in [3.05, 3.63) is 46.8 Å². The highest BCUT2D eigenvalue weighted by Gasteiger charge is 2.35. The Morgan fingerprint density at radius 3 is 2.65 bits per heavy atom. The molecule has 0 radical (unpaired) electrons. The van der Waals surface area contributed by atoms with Crippen LogP contribution in [0.5, 0.6) is 0 Å². The van der Waals surface area contributed by atoms with Gasteiger partial charge in [0.1, 0.15) is 0 Å². The lowest BCUT2D eigenvalue weighted by atomic mass is 9.89. The summed E-state index contributed by atoms with van der Waals surface area (Å²) in [5.74, 6) is 1.06. The maximum Gasteiger partial charge on any atom is 0.223 e. The van der Waals surface area contributed by atoms with E-state index >= 15 is 0 Å². The fraction of sp³-hybridized carbons (Fsp3) is 0.421. The Morgan fingerprint density at radius 1 is 1.09 bits per heavy atom. The largest absolute Gasteiger partial charge is 0.334 e. The first kappa shape index (κ1) is 14.4. The molecule has 0 N–H and O–H groups in total. The van der Waals surface area contributed by atoms with Crippen LogP contribution in [-0.2, 0) is 11.2 Å². The van der Waals surface area contributed by atoms with Gasteiger partial charge in [-0.1, -0.05) is 29.8 Å². The predicted octanol–water partition coefficient (Wildman–Crippen LogP) is 3.37. The van der Waals surface area contributed by atoms with E-state index in [1.54, 1.807) is 0 Å². The topological polar surface area (TPSA) is 46.1 Å². The summed E-state index contributed by atoms with van der Waals surface area (Å²) in [6.45, 7) is 4.96. The molecule has 0 bridgehead atoms. The van der Waals surface area contributed by atoms with E-state index in [9.17, 15) is 4.79 Å². The number of amides is 1. The molecule has 2 aliphatic heterocycles. The molecule has 1 aromatic heterocycles. The number of piperidine rings is 1. The molecule has 4 nitrogen and oxygen atoms in total. The maximum absolute atomic E-state index is 12.2. The monoisotopic (exact) mass is 307 g/mol. The van der Waals surface area contributed by atoms with Gasteiger partial charge >= 0.3 is 0 Å². The van der Waals surface area contributed by atoms with Crippen LogP contribution in [0.25, 0.3) is 11.4 Å². The Morgan fingerprint density at radius 2 is 1.87 bits per heavy atom. The average molecular weight is 307 g/mol. The van der Waals surface area contributed by atoms with Gasteiger partial charge < -0.3 is 4.90 Å². The molecule has 1 atom stereocenters. The Kier molecular flexibility index (Phi) is 3.40. The number of benzene rings is 1. The van der Waals surface area contributed by atoms with Gasteiger partial charge in [0.2, 0.25) is 5.91 Å². The van der Waals surface area contributed by atoms with Crippen LogP contribution >= 0.6 is 0 Å². The van der Waals surface area contributed by atoms with E-state index in [1.807, 2.05) is 4.90 Å². The SMILES string of the molecule is Cc1ccc(-c2nc(C)c3c(n2)C2CCCC(=O)N2CC3)cc1. The van der Waals surface area contributed by atoms with Crippen molar-refractivity contribution < 1.29 is 4.79 Å². The fourth-order valence-electron chi connectivity index (χ4n) is 3.75. The number of aromatic nitrogens is 2. The second kappa shape index (κ2) is 5.44. The number of nitrogens with zero attached hydrogens (tertiary/aromatic N) is 3. The van der Waals surface area contributed by atoms with Gasteiger partial charge in [0.15, 0.2) is 5.82 Å². The van der Waals surface area contributed by atoms with E-state index in [-0.39, 0.29) is 11.9 Å². The molecule has 2 aliphatic rings. The van der Waals surface area contributed by atoms with Crippen molar-refractivity contribution in [2.75, 3.05) is 6.54 Å². The third kappa shape index (κ3) is 2.42. The minimum absolute atomic E-state index is 0.144. The summed E-state index contributed by atoms with van der Waals surface area (Å²) >= 11 is 0. The van der Waals surface area contributed by atoms with E-state index in [1.165, 1.54) is 11.1 Å². The van der Waals surface area contributed by atoms with Gasteiger partial charge in [0.05, 0.1) is 11.7 Å². The Hall–Kier alpha value is -2.23. The molecule has 118 valence electrons. The van der Waals surface area contributed by atoms with Crippen LogP contribution in [0.4, 0.5) is 0 Å². The minimum Gasteiger partial charge on any atom is -0.334 e. The second-order valence-corrected chi connectivity index (χ2v) is 6.61. The lowest BCUT2D eigenvalue weighted by Gasteiger charge is -2.40. The number of rotatable bonds is 1. The number of hydrogen-bond donors (Lipinski definition) is 0. The molecular weight excluding hydrogens is 286 g/mol. The molecule has 1 unspecified atom stereocenters. The van der Waals surface area contributed by atoms with Gasteiger partial charge in [0, 0.05) is 24.2 Å². The van der Waals surface area contributed by atoms with Gasteiger partial charge in [-0.2, -0.15) is 0 Å². The van der Waals surface area contributed by atoms with Crippen LogP contribution in [0.2, 0.25) is 0 Å². The molecule has 1 amide bonds. The summed E-state index contributed by atoms with van der Waals surface area (Å²) in [4.78, 5) is 23.8. The molecule has 1 fully saturated rings. The van der Waals surface area contributed by atoms with Crippen LogP contribution in [0.1, 0.15) is 47.8 Å². The Bertz CT molecular complexity index is 767. The molecule has 1 aromatic carbocycles. The lowest BCUT2D eigenvalue weighted by Crippen LogP contribution is -2.43. The molecule has 0 saturated carbocycles. The van der Waals surface area contributed by atoms with Crippen molar-refractivity contribution in [3.8, 4) is 11.4 Å². The van der Waals surface area contributed by atoms with E-state index in [4.69, 9.17) is 9.97 Å². The van der Waals surface area contributed by atoms with E-state index in [2.05, 4.69) is 38.1 Å². The number of carbonyl (C=O) groups excluding carboxylic acids is 1. The lowest BCUT2D eigenvalue weighted by molar-refractivity contribution is -0.137. The maximum atomic E-state index is 12.2. The quantitative estimate of drug-likeness (QED) is 0.811. The summed E-state index contributed by atoms with van der Waals surface area (Å²) < 4.78 is 0. The van der Waals surface area contributed by atoms with Crippen LogP contribution in [0.15, 0.2) is 24.3 Å². The van der Waals surface area contributed by atoms with Crippen molar-refractivity contribution >= 4 is 5.91 Å². The predicted molar refractivity (Wildman–Crippen MR) is 89.0 cm³/mol. The first-order valence-electron chi connectivity index (χ1n) is 8.37. The summed E-state index contributed by atoms with van der Waals surface area (Å²) in [6.07, 6.45) is 3.53. The van der Waals surface area contributed by atoms with Crippen molar-refractivity contribution in [2.24, 2.45) is 0 Å². The minimum atomic E-state index is 0.144. The van der Waals surface area contributed by atoms with Crippen LogP contribution in [0.3, 0.4) is 0 Å². The van der Waals surface area contributed by atoms with Gasteiger partial charge in [-0.25, -0.2) is 9.97 Å². The van der Waals surface area contributed by atoms with Crippen molar-refractivity contribution in [1.82, 2.24) is 14.9 Å². The molecule has 0 spiro atoms. The summed E-state index contributed by atoms with van der Waals surface area (Å²) in [5, 5.41) is 0. The summed E-state index contributed by atoms with van der Waals surface area (Å²) in [6, 6.07) is 8.46. The van der Waals surface area contributed by atoms with Gasteiger partial charge in [0.25, 0.3) is 0 Å². The Balaban J connectivity index is 1.81. The summed E-state index contributed by atoms with van der Waals surface area (Å²) in [7, 11) is 0. The molecule has 1 saturated heterocycles. The van der Waals surface area contributed by atoms with Crippen LogP contribution in [-0.4, -0.2) is 27.3 Å². The first-order chi connectivity index (χ1) is 11.1. The normalized spacial score (nSPS) is 20.2. The van der Waals surface area contributed by atoms with E-state index < -0.39 is 0 Å². The highest BCUT2D eigenvalue weighted by molar-refractivity contribution is 5.78. The average Bonchev–Trinajstić information content (AvgIpc) is 2.55. The number of hydrogen-bond acceptors (Lipinski definition) is 3. The molecule has 0 aliphatic carbocycles. The Labute approximate surface area is 136 Å². The molecule has 4 rings (SSSR count). The number of carbonyl (C=O) groups is 1. The molecule has 2 aromatic rings. The van der Waals surface area contributed by atoms with Crippen LogP contribution in [0, 0.1) is 13.8 Å². The van der Waals surface area contributed by atoms with Crippen molar-refractivity contribution in [1.29, 1.82) is 0 Å². The molecule has 23 heavy (non-hydrogen) atoms. The van der Waals surface area contributed by atoms with Gasteiger partial charge in [-0.15, -0.1) is 0 Å². The van der Waals surface area contributed by atoms with Crippen molar-refractivity contribution in [2.45, 2.75) is 45.6 Å². The summed E-state index contributed by atoms with van der Waals surface area (Å²) in [5.41, 5.74) is 5.65. The van der Waals surface area contributed by atoms with Gasteiger partial charge in [-0.05, 0) is 38.7 Å². The molecule has 4 heteroatoms. The number of fused-ring (bicyclic) bond motifs is 3. The van der Waals surface area contributed by atoms with Crippen LogP contribution < -0.4 is 0 Å². The first-order valence-corrected chi connectivity index (χ1v) is 8.37. The highest BCUT2D eigenvalue weighted by Crippen LogP contribution is 2.37. The van der Waals surface area contributed by atoms with Gasteiger partial charge in [-0.3, -0.25) is 4.79 Å². The molecular formula is C19H21N3O. The van der Waals surface area contributed by atoms with E-state index in [0.29, 0.717) is 6.42 Å². The second-order valence-electron chi connectivity index (χ2n) is 6.61. The van der Waals surface area contributed by atoms with Crippen molar-refractivity contribution in [3.63, 3.8) is 0 Å². The fourth-order valence-corrected chi connectivity index (χ4v) is 3.75. The zero-order valence-electron chi connectivity index (χ0n) is 13.7. The smallest absolute Gasteiger partial charge is 0.223 e. The number of aryl methyl sites for hydroxylation is 2. The highest BCUT2D eigenvalue weighted by atomic mass is 16.2. The zero-order chi connectivity index (χ0) is 16.0. The molecule has 3 heterocycles. The van der Waals surface area contributed by atoms with E-state index in [0.717, 1.165) is 48.6 Å². The third-order valence-electron chi connectivity index (χ3n) is 5.04. The standard InChI is InChI=1S/C19H21N3O/c1-12-6-8-14(9-7-12)19-20-13(2)15-10-11-22-16(18(15)21-19)4-3-5-17(22)23/h6-9,16H,3-5,10-11H2,1-2H3. The third-order valence-corrected chi connectivity index (χ3v) is 5.04.